The van der Waals surface area contributed by atoms with E-state index in [2.05, 4.69) is 18.0 Å². The highest BCUT2D eigenvalue weighted by Crippen LogP contribution is 2.30. The van der Waals surface area contributed by atoms with E-state index in [-0.39, 0.29) is 5.92 Å². The second-order valence-electron chi connectivity index (χ2n) is 5.44. The summed E-state index contributed by atoms with van der Waals surface area (Å²) in [6, 6.07) is 8.22. The Morgan fingerprint density at radius 1 is 1.30 bits per heavy atom. The van der Waals surface area contributed by atoms with Crippen LogP contribution in [0.25, 0.3) is 10.2 Å². The number of ether oxygens (including phenoxy) is 1. The van der Waals surface area contributed by atoms with Crippen molar-refractivity contribution in [1.82, 2.24) is 4.98 Å². The van der Waals surface area contributed by atoms with Crippen LogP contribution in [0.5, 0.6) is 0 Å². The zero-order chi connectivity index (χ0) is 13.9. The van der Waals surface area contributed by atoms with Gasteiger partial charge in [-0.3, -0.25) is 0 Å². The fraction of sp³-hybridized carbons (Fsp3) is 0.500. The van der Waals surface area contributed by atoms with Crippen LogP contribution >= 0.6 is 23.6 Å². The van der Waals surface area contributed by atoms with Crippen LogP contribution in [-0.2, 0) is 4.74 Å². The molecule has 0 aliphatic heterocycles. The number of rotatable bonds is 3. The monoisotopic (exact) mass is 305 g/mol. The lowest BCUT2D eigenvalue weighted by atomic mass is 9.98. The van der Waals surface area contributed by atoms with Crippen molar-refractivity contribution in [2.24, 2.45) is 0 Å². The SMILES string of the molecule is CC(C(=S)OC1CCCCC1)c1nc2ccccc2s1. The predicted molar refractivity (Wildman–Crippen MR) is 88.6 cm³/mol. The first-order chi connectivity index (χ1) is 9.74. The van der Waals surface area contributed by atoms with Gasteiger partial charge in [-0.15, -0.1) is 11.3 Å². The molecule has 3 rings (SSSR count). The Hall–Kier alpha value is -1.00. The van der Waals surface area contributed by atoms with Crippen LogP contribution in [0.15, 0.2) is 24.3 Å². The van der Waals surface area contributed by atoms with Gasteiger partial charge in [-0.1, -0.05) is 18.6 Å². The lowest BCUT2D eigenvalue weighted by Crippen LogP contribution is -2.22. The van der Waals surface area contributed by atoms with Gasteiger partial charge in [0.15, 0.2) is 5.05 Å². The Morgan fingerprint density at radius 2 is 2.05 bits per heavy atom. The van der Waals surface area contributed by atoms with E-state index in [1.165, 1.54) is 24.0 Å². The molecule has 106 valence electrons. The number of benzene rings is 1. The van der Waals surface area contributed by atoms with Crippen LogP contribution in [0.3, 0.4) is 0 Å². The van der Waals surface area contributed by atoms with E-state index in [0.717, 1.165) is 23.4 Å². The van der Waals surface area contributed by atoms with Gasteiger partial charge in [0.2, 0.25) is 0 Å². The smallest absolute Gasteiger partial charge is 0.169 e. The van der Waals surface area contributed by atoms with Crippen molar-refractivity contribution in [2.45, 2.75) is 51.0 Å². The fourth-order valence-electron chi connectivity index (χ4n) is 2.63. The van der Waals surface area contributed by atoms with Crippen molar-refractivity contribution in [1.29, 1.82) is 0 Å². The van der Waals surface area contributed by atoms with Crippen molar-refractivity contribution in [3.8, 4) is 0 Å². The summed E-state index contributed by atoms with van der Waals surface area (Å²) in [5.74, 6) is 0.101. The Bertz CT molecular complexity index is 568. The molecule has 2 nitrogen and oxygen atoms in total. The summed E-state index contributed by atoms with van der Waals surface area (Å²) in [6.07, 6.45) is 6.48. The maximum Gasteiger partial charge on any atom is 0.169 e. The zero-order valence-electron chi connectivity index (χ0n) is 11.7. The molecule has 1 aliphatic carbocycles. The second-order valence-corrected chi connectivity index (χ2v) is 6.90. The Balaban J connectivity index is 1.70. The maximum absolute atomic E-state index is 6.00. The number of hydrogen-bond donors (Lipinski definition) is 0. The molecular weight excluding hydrogens is 286 g/mol. The molecule has 20 heavy (non-hydrogen) atoms. The molecule has 1 atom stereocenters. The molecule has 0 spiro atoms. The highest BCUT2D eigenvalue weighted by Gasteiger charge is 2.22. The molecule has 0 bridgehead atoms. The highest BCUT2D eigenvalue weighted by molar-refractivity contribution is 7.80. The van der Waals surface area contributed by atoms with Gasteiger partial charge in [0.05, 0.1) is 22.2 Å². The van der Waals surface area contributed by atoms with Crippen LogP contribution in [0, 0.1) is 0 Å². The average molecular weight is 305 g/mol. The third-order valence-electron chi connectivity index (χ3n) is 3.87. The molecular formula is C16H19NOS2. The molecule has 1 heterocycles. The standard InChI is InChI=1S/C16H19NOS2/c1-11(16(19)18-12-7-3-2-4-8-12)15-17-13-9-5-6-10-14(13)20-15/h5-6,9-12H,2-4,7-8H2,1H3. The summed E-state index contributed by atoms with van der Waals surface area (Å²) in [7, 11) is 0. The summed E-state index contributed by atoms with van der Waals surface area (Å²) in [5, 5.41) is 1.77. The molecule has 1 aliphatic rings. The van der Waals surface area contributed by atoms with Gasteiger partial charge in [-0.05, 0) is 57.0 Å². The summed E-state index contributed by atoms with van der Waals surface area (Å²) in [4.78, 5) is 4.68. The minimum Gasteiger partial charge on any atom is -0.483 e. The number of para-hydroxylation sites is 1. The van der Waals surface area contributed by atoms with E-state index in [4.69, 9.17) is 17.0 Å². The summed E-state index contributed by atoms with van der Waals surface area (Å²) >= 11 is 7.21. The molecule has 0 saturated heterocycles. The first-order valence-electron chi connectivity index (χ1n) is 7.30. The quantitative estimate of drug-likeness (QED) is 0.739. The van der Waals surface area contributed by atoms with Crippen LogP contribution in [-0.4, -0.2) is 16.1 Å². The molecule has 1 aromatic heterocycles. The molecule has 1 saturated carbocycles. The second kappa shape index (κ2) is 6.19. The van der Waals surface area contributed by atoms with Gasteiger partial charge in [0, 0.05) is 0 Å². The lowest BCUT2D eigenvalue weighted by molar-refractivity contribution is 0.142. The summed E-state index contributed by atoms with van der Waals surface area (Å²) in [5.41, 5.74) is 1.06. The maximum atomic E-state index is 6.00. The van der Waals surface area contributed by atoms with Crippen LogP contribution < -0.4 is 0 Å². The molecule has 0 radical (unpaired) electrons. The first kappa shape index (κ1) is 14.0. The van der Waals surface area contributed by atoms with Gasteiger partial charge in [0.25, 0.3) is 0 Å². The number of aromatic nitrogens is 1. The predicted octanol–water partition coefficient (Wildman–Crippen LogP) is 5.08. The van der Waals surface area contributed by atoms with Crippen LogP contribution in [0.1, 0.15) is 50.0 Å². The molecule has 0 amide bonds. The Kier molecular flexibility index (Phi) is 4.32. The summed E-state index contributed by atoms with van der Waals surface area (Å²) in [6.45, 7) is 2.10. The van der Waals surface area contributed by atoms with E-state index in [0.29, 0.717) is 11.2 Å². The topological polar surface area (TPSA) is 22.1 Å². The minimum absolute atomic E-state index is 0.101. The van der Waals surface area contributed by atoms with Crippen LogP contribution in [0.2, 0.25) is 0 Å². The number of fused-ring (bicyclic) bond motifs is 1. The van der Waals surface area contributed by atoms with Gasteiger partial charge >= 0.3 is 0 Å². The van der Waals surface area contributed by atoms with Gasteiger partial charge in [-0.2, -0.15) is 0 Å². The van der Waals surface area contributed by atoms with Gasteiger partial charge in [0.1, 0.15) is 5.01 Å². The third kappa shape index (κ3) is 3.01. The van der Waals surface area contributed by atoms with E-state index >= 15 is 0 Å². The Morgan fingerprint density at radius 3 is 2.80 bits per heavy atom. The van der Waals surface area contributed by atoms with Crippen molar-refractivity contribution in [3.63, 3.8) is 0 Å². The van der Waals surface area contributed by atoms with Crippen molar-refractivity contribution in [2.75, 3.05) is 0 Å². The van der Waals surface area contributed by atoms with E-state index in [1.54, 1.807) is 11.3 Å². The zero-order valence-corrected chi connectivity index (χ0v) is 13.3. The van der Waals surface area contributed by atoms with Gasteiger partial charge < -0.3 is 4.74 Å². The molecule has 1 aromatic carbocycles. The Labute approximate surface area is 129 Å². The molecule has 4 heteroatoms. The van der Waals surface area contributed by atoms with Crippen molar-refractivity contribution < 1.29 is 4.74 Å². The van der Waals surface area contributed by atoms with Crippen LogP contribution in [0.4, 0.5) is 0 Å². The first-order valence-corrected chi connectivity index (χ1v) is 8.52. The molecule has 1 unspecified atom stereocenters. The highest BCUT2D eigenvalue weighted by atomic mass is 32.1. The van der Waals surface area contributed by atoms with Gasteiger partial charge in [-0.25, -0.2) is 4.98 Å². The average Bonchev–Trinajstić information content (AvgIpc) is 2.91. The largest absolute Gasteiger partial charge is 0.483 e. The fourth-order valence-corrected chi connectivity index (χ4v) is 3.97. The number of thiazole rings is 1. The number of thiocarbonyl (C=S) groups is 1. The third-order valence-corrected chi connectivity index (χ3v) is 5.54. The lowest BCUT2D eigenvalue weighted by Gasteiger charge is -2.24. The van der Waals surface area contributed by atoms with E-state index < -0.39 is 0 Å². The molecule has 1 fully saturated rings. The van der Waals surface area contributed by atoms with E-state index in [1.807, 2.05) is 18.2 Å². The molecule has 2 aromatic rings. The molecule has 0 N–H and O–H groups in total. The normalized spacial score (nSPS) is 18.1. The number of hydrogen-bond acceptors (Lipinski definition) is 4. The van der Waals surface area contributed by atoms with E-state index in [9.17, 15) is 0 Å². The van der Waals surface area contributed by atoms with Crippen molar-refractivity contribution in [3.05, 3.63) is 29.3 Å². The minimum atomic E-state index is 0.101. The summed E-state index contributed by atoms with van der Waals surface area (Å²) < 4.78 is 7.22. The number of nitrogens with zero attached hydrogens (tertiary/aromatic N) is 1. The van der Waals surface area contributed by atoms with Crippen molar-refractivity contribution >= 4 is 38.8 Å².